The number of aryl methyl sites for hydroxylation is 1. The molecule has 0 fully saturated rings. The molecule has 0 saturated carbocycles. The van der Waals surface area contributed by atoms with E-state index in [4.69, 9.17) is 16.7 Å². The van der Waals surface area contributed by atoms with Gasteiger partial charge in [-0.3, -0.25) is 4.79 Å². The Morgan fingerprint density at radius 3 is 2.75 bits per heavy atom. The van der Waals surface area contributed by atoms with Crippen molar-refractivity contribution in [3.63, 3.8) is 0 Å². The summed E-state index contributed by atoms with van der Waals surface area (Å²) in [4.78, 5) is 10.8. The molecule has 0 heterocycles. The number of hydrogen-bond acceptors (Lipinski definition) is 2. The largest absolute Gasteiger partial charge is 0.480 e. The number of rotatable bonds is 4. The number of carbonyl (C=O) groups is 1. The Balaban J connectivity index is 2.96. The van der Waals surface area contributed by atoms with Crippen LogP contribution in [0.3, 0.4) is 0 Å². The summed E-state index contributed by atoms with van der Waals surface area (Å²) in [7, 11) is 1.54. The van der Waals surface area contributed by atoms with Crippen LogP contribution in [0.5, 0.6) is 0 Å². The summed E-state index contributed by atoms with van der Waals surface area (Å²) in [6, 6.07) is 2.02. The molecule has 1 rings (SSSR count). The molecule has 0 aromatic heterocycles. The number of hydrogen-bond donors (Lipinski definition) is 2. The van der Waals surface area contributed by atoms with Crippen LogP contribution < -0.4 is 5.32 Å². The number of nitrogens with one attached hydrogen (secondary N) is 1. The van der Waals surface area contributed by atoms with Gasteiger partial charge in [0.25, 0.3) is 0 Å². The van der Waals surface area contributed by atoms with E-state index < -0.39 is 12.0 Å². The number of carboxylic acid groups (broad SMARTS) is 1. The van der Waals surface area contributed by atoms with Crippen LogP contribution in [0, 0.1) is 12.7 Å². The highest BCUT2D eigenvalue weighted by molar-refractivity contribution is 6.31. The predicted molar refractivity (Wildman–Crippen MR) is 60.3 cm³/mol. The SMILES string of the molecule is CNC(Cc1cc(F)c(C)cc1Cl)C(=O)O. The van der Waals surface area contributed by atoms with Gasteiger partial charge >= 0.3 is 5.97 Å². The molecular weight excluding hydrogens is 233 g/mol. The minimum atomic E-state index is -0.987. The van der Waals surface area contributed by atoms with E-state index in [1.54, 1.807) is 6.92 Å². The first-order valence-electron chi connectivity index (χ1n) is 4.80. The van der Waals surface area contributed by atoms with Crippen molar-refractivity contribution in [1.82, 2.24) is 5.32 Å². The molecule has 3 nitrogen and oxygen atoms in total. The molecule has 0 spiro atoms. The van der Waals surface area contributed by atoms with E-state index in [2.05, 4.69) is 5.32 Å². The van der Waals surface area contributed by atoms with E-state index in [-0.39, 0.29) is 12.2 Å². The Hall–Kier alpha value is -1.13. The molecule has 1 aromatic rings. The molecule has 5 heteroatoms. The number of benzene rings is 1. The van der Waals surface area contributed by atoms with Crippen LogP contribution in [0.2, 0.25) is 5.02 Å². The number of aliphatic carboxylic acids is 1. The summed E-state index contributed by atoms with van der Waals surface area (Å²) >= 11 is 5.92. The normalized spacial score (nSPS) is 12.5. The highest BCUT2D eigenvalue weighted by Crippen LogP contribution is 2.21. The predicted octanol–water partition coefficient (Wildman–Crippen LogP) is 2.00. The second-order valence-corrected chi connectivity index (χ2v) is 3.98. The third-order valence-corrected chi connectivity index (χ3v) is 2.75. The van der Waals surface area contributed by atoms with Crippen molar-refractivity contribution in [3.05, 3.63) is 34.1 Å². The van der Waals surface area contributed by atoms with Gasteiger partial charge in [0, 0.05) is 5.02 Å². The zero-order chi connectivity index (χ0) is 12.3. The maximum atomic E-state index is 13.3. The lowest BCUT2D eigenvalue weighted by atomic mass is 10.0. The molecule has 16 heavy (non-hydrogen) atoms. The van der Waals surface area contributed by atoms with Gasteiger partial charge in [0.1, 0.15) is 11.9 Å². The van der Waals surface area contributed by atoms with Crippen molar-refractivity contribution in [1.29, 1.82) is 0 Å². The number of halogens is 2. The van der Waals surface area contributed by atoms with E-state index in [9.17, 15) is 9.18 Å². The molecule has 88 valence electrons. The van der Waals surface area contributed by atoms with Crippen LogP contribution in [0.25, 0.3) is 0 Å². The molecule has 0 aliphatic carbocycles. The lowest BCUT2D eigenvalue weighted by Crippen LogP contribution is -2.35. The summed E-state index contributed by atoms with van der Waals surface area (Å²) in [6.45, 7) is 1.61. The monoisotopic (exact) mass is 245 g/mol. The average Bonchev–Trinajstić information content (AvgIpc) is 2.21. The fraction of sp³-hybridized carbons (Fsp3) is 0.364. The molecule has 1 aromatic carbocycles. The van der Waals surface area contributed by atoms with Crippen LogP contribution >= 0.6 is 11.6 Å². The second kappa shape index (κ2) is 5.27. The van der Waals surface area contributed by atoms with E-state index >= 15 is 0 Å². The zero-order valence-electron chi connectivity index (χ0n) is 9.05. The first-order valence-corrected chi connectivity index (χ1v) is 5.18. The summed E-state index contributed by atoms with van der Waals surface area (Å²) in [5.74, 6) is -1.36. The zero-order valence-corrected chi connectivity index (χ0v) is 9.81. The highest BCUT2D eigenvalue weighted by atomic mass is 35.5. The fourth-order valence-corrected chi connectivity index (χ4v) is 1.67. The first-order chi connectivity index (χ1) is 7.45. The van der Waals surface area contributed by atoms with E-state index in [1.165, 1.54) is 19.2 Å². The Morgan fingerprint density at radius 1 is 1.62 bits per heavy atom. The van der Waals surface area contributed by atoms with Crippen LogP contribution in [0.4, 0.5) is 4.39 Å². The maximum absolute atomic E-state index is 13.3. The minimum absolute atomic E-state index is 0.155. The lowest BCUT2D eigenvalue weighted by molar-refractivity contribution is -0.139. The summed E-state index contributed by atoms with van der Waals surface area (Å²) in [5.41, 5.74) is 0.941. The Morgan fingerprint density at radius 2 is 2.25 bits per heavy atom. The minimum Gasteiger partial charge on any atom is -0.480 e. The van der Waals surface area contributed by atoms with Crippen LogP contribution in [0.15, 0.2) is 12.1 Å². The van der Waals surface area contributed by atoms with Gasteiger partial charge in [0.15, 0.2) is 0 Å². The van der Waals surface area contributed by atoms with Gasteiger partial charge in [-0.25, -0.2) is 4.39 Å². The van der Waals surface area contributed by atoms with Gasteiger partial charge in [-0.2, -0.15) is 0 Å². The summed E-state index contributed by atoms with van der Waals surface area (Å²) in [5, 5.41) is 11.9. The standard InChI is InChI=1S/C11H13ClFNO2/c1-6-3-8(12)7(4-9(6)13)5-10(14-2)11(15)16/h3-4,10,14H,5H2,1-2H3,(H,15,16). The Bertz CT molecular complexity index is 409. The van der Waals surface area contributed by atoms with E-state index in [0.717, 1.165) is 0 Å². The molecular formula is C11H13ClFNO2. The van der Waals surface area contributed by atoms with Gasteiger partial charge < -0.3 is 10.4 Å². The molecule has 0 aliphatic heterocycles. The van der Waals surface area contributed by atoms with Crippen LogP contribution in [-0.2, 0) is 11.2 Å². The molecule has 1 unspecified atom stereocenters. The molecule has 0 saturated heterocycles. The van der Waals surface area contributed by atoms with Crippen molar-refractivity contribution in [2.24, 2.45) is 0 Å². The quantitative estimate of drug-likeness (QED) is 0.853. The van der Waals surface area contributed by atoms with Crippen LogP contribution in [0.1, 0.15) is 11.1 Å². The summed E-state index contributed by atoms with van der Waals surface area (Å²) < 4.78 is 13.3. The first kappa shape index (κ1) is 12.9. The van der Waals surface area contributed by atoms with Crippen molar-refractivity contribution in [2.45, 2.75) is 19.4 Å². The Kier molecular flexibility index (Phi) is 4.26. The van der Waals surface area contributed by atoms with Crippen LogP contribution in [-0.4, -0.2) is 24.2 Å². The third-order valence-electron chi connectivity index (χ3n) is 2.40. The molecule has 1 atom stereocenters. The van der Waals surface area contributed by atoms with E-state index in [0.29, 0.717) is 16.1 Å². The van der Waals surface area contributed by atoms with Crippen molar-refractivity contribution >= 4 is 17.6 Å². The van der Waals surface area contributed by atoms with Gasteiger partial charge in [0.2, 0.25) is 0 Å². The van der Waals surface area contributed by atoms with Crippen molar-refractivity contribution in [2.75, 3.05) is 7.05 Å². The van der Waals surface area contributed by atoms with Gasteiger partial charge in [-0.1, -0.05) is 11.6 Å². The maximum Gasteiger partial charge on any atom is 0.321 e. The van der Waals surface area contributed by atoms with E-state index in [1.807, 2.05) is 0 Å². The third kappa shape index (κ3) is 2.93. The molecule has 2 N–H and O–H groups in total. The lowest BCUT2D eigenvalue weighted by Gasteiger charge is -2.13. The smallest absolute Gasteiger partial charge is 0.321 e. The highest BCUT2D eigenvalue weighted by Gasteiger charge is 2.17. The van der Waals surface area contributed by atoms with Gasteiger partial charge in [0.05, 0.1) is 0 Å². The Labute approximate surface area is 98.2 Å². The number of likely N-dealkylation sites (N-methyl/N-ethyl adjacent to an activating group) is 1. The fourth-order valence-electron chi connectivity index (χ4n) is 1.38. The van der Waals surface area contributed by atoms with Gasteiger partial charge in [-0.15, -0.1) is 0 Å². The molecule has 0 radical (unpaired) electrons. The second-order valence-electron chi connectivity index (χ2n) is 3.58. The molecule has 0 aliphatic rings. The topological polar surface area (TPSA) is 49.3 Å². The number of carboxylic acids is 1. The van der Waals surface area contributed by atoms with Crippen molar-refractivity contribution in [3.8, 4) is 0 Å². The van der Waals surface area contributed by atoms with Gasteiger partial charge in [-0.05, 0) is 43.7 Å². The summed E-state index contributed by atoms with van der Waals surface area (Å²) in [6.07, 6.45) is 0.155. The molecule has 0 bridgehead atoms. The molecule has 0 amide bonds. The average molecular weight is 246 g/mol. The van der Waals surface area contributed by atoms with Crippen molar-refractivity contribution < 1.29 is 14.3 Å².